The van der Waals surface area contributed by atoms with E-state index in [1.165, 1.54) is 94.6 Å². The molecule has 2 fully saturated rings. The minimum atomic E-state index is -0.0558. The SMILES string of the molecule is CCC[C@H]1CC[C@H](CCc2ccc(-c3ccc([C@H]4CC[C@H](CCC)CC4)cc3F)cc2)CC1. The smallest absolute Gasteiger partial charge is 0.131 e. The third kappa shape index (κ3) is 6.71. The first-order valence-electron chi connectivity index (χ1n) is 14.0. The van der Waals surface area contributed by atoms with Crippen molar-refractivity contribution < 1.29 is 4.39 Å². The molecule has 2 aromatic carbocycles. The van der Waals surface area contributed by atoms with Gasteiger partial charge in [0, 0.05) is 5.56 Å². The molecule has 0 saturated heterocycles. The first-order chi connectivity index (χ1) is 16.2. The number of halogens is 1. The van der Waals surface area contributed by atoms with Gasteiger partial charge in [0.1, 0.15) is 5.82 Å². The van der Waals surface area contributed by atoms with Gasteiger partial charge in [0.15, 0.2) is 0 Å². The first-order valence-corrected chi connectivity index (χ1v) is 14.0. The molecule has 0 radical (unpaired) electrons. The molecule has 2 aliphatic rings. The Morgan fingerprint density at radius 3 is 1.76 bits per heavy atom. The Hall–Kier alpha value is -1.63. The van der Waals surface area contributed by atoms with Gasteiger partial charge in [-0.1, -0.05) is 102 Å². The van der Waals surface area contributed by atoms with Gasteiger partial charge in [0.2, 0.25) is 0 Å². The lowest BCUT2D eigenvalue weighted by Crippen LogP contribution is -2.15. The zero-order chi connectivity index (χ0) is 23.0. The quantitative estimate of drug-likeness (QED) is 0.358. The fourth-order valence-electron chi connectivity index (χ4n) is 6.65. The van der Waals surface area contributed by atoms with Crippen molar-refractivity contribution in [1.82, 2.24) is 0 Å². The predicted molar refractivity (Wildman–Crippen MR) is 140 cm³/mol. The van der Waals surface area contributed by atoms with Crippen LogP contribution in [0.2, 0.25) is 0 Å². The summed E-state index contributed by atoms with van der Waals surface area (Å²) in [4.78, 5) is 0. The molecule has 0 spiro atoms. The van der Waals surface area contributed by atoms with Crippen LogP contribution in [0.4, 0.5) is 4.39 Å². The van der Waals surface area contributed by atoms with Crippen LogP contribution in [0.15, 0.2) is 42.5 Å². The summed E-state index contributed by atoms with van der Waals surface area (Å²) in [6, 6.07) is 14.7. The number of benzene rings is 2. The lowest BCUT2D eigenvalue weighted by molar-refractivity contribution is 0.252. The summed E-state index contributed by atoms with van der Waals surface area (Å²) in [5.41, 5.74) is 4.36. The van der Waals surface area contributed by atoms with Crippen LogP contribution in [0.1, 0.15) is 114 Å². The minimum absolute atomic E-state index is 0.0558. The van der Waals surface area contributed by atoms with E-state index < -0.39 is 0 Å². The van der Waals surface area contributed by atoms with Crippen molar-refractivity contribution in [3.05, 3.63) is 59.4 Å². The Balaban J connectivity index is 1.30. The summed E-state index contributed by atoms with van der Waals surface area (Å²) in [6.45, 7) is 4.60. The number of hydrogen-bond acceptors (Lipinski definition) is 0. The lowest BCUT2D eigenvalue weighted by atomic mass is 9.77. The molecule has 33 heavy (non-hydrogen) atoms. The minimum Gasteiger partial charge on any atom is -0.206 e. The van der Waals surface area contributed by atoms with Crippen LogP contribution in [0, 0.1) is 23.6 Å². The molecule has 0 heterocycles. The summed E-state index contributed by atoms with van der Waals surface area (Å²) in [5.74, 6) is 3.27. The fraction of sp³-hybridized carbons (Fsp3) is 0.625. The third-order valence-corrected chi connectivity index (χ3v) is 8.78. The first kappa shape index (κ1) is 24.5. The molecule has 2 aliphatic carbocycles. The maximum atomic E-state index is 15.1. The highest BCUT2D eigenvalue weighted by atomic mass is 19.1. The van der Waals surface area contributed by atoms with E-state index in [1.807, 2.05) is 12.1 Å². The molecule has 1 heteroatoms. The van der Waals surface area contributed by atoms with Crippen LogP contribution in [0.3, 0.4) is 0 Å². The molecule has 0 bridgehead atoms. The van der Waals surface area contributed by atoms with Crippen molar-refractivity contribution >= 4 is 0 Å². The summed E-state index contributed by atoms with van der Waals surface area (Å²) < 4.78 is 15.1. The van der Waals surface area contributed by atoms with E-state index in [1.54, 1.807) is 0 Å². The lowest BCUT2D eigenvalue weighted by Gasteiger charge is -2.28. The third-order valence-electron chi connectivity index (χ3n) is 8.78. The Morgan fingerprint density at radius 1 is 0.667 bits per heavy atom. The van der Waals surface area contributed by atoms with Gasteiger partial charge in [-0.15, -0.1) is 0 Å². The average Bonchev–Trinajstić information content (AvgIpc) is 2.85. The Kier molecular flexibility index (Phi) is 9.04. The van der Waals surface area contributed by atoms with Crippen molar-refractivity contribution in [2.24, 2.45) is 17.8 Å². The summed E-state index contributed by atoms with van der Waals surface area (Å²) >= 11 is 0. The van der Waals surface area contributed by atoms with E-state index in [2.05, 4.69) is 44.2 Å². The largest absolute Gasteiger partial charge is 0.206 e. The Labute approximate surface area is 202 Å². The number of hydrogen-bond donors (Lipinski definition) is 0. The van der Waals surface area contributed by atoms with Crippen molar-refractivity contribution in [1.29, 1.82) is 0 Å². The molecule has 0 N–H and O–H groups in total. The van der Waals surface area contributed by atoms with E-state index >= 15 is 4.39 Å². The second-order valence-electron chi connectivity index (χ2n) is 11.2. The van der Waals surface area contributed by atoms with Gasteiger partial charge in [-0.25, -0.2) is 4.39 Å². The highest BCUT2D eigenvalue weighted by Gasteiger charge is 2.23. The molecule has 2 aromatic rings. The zero-order valence-corrected chi connectivity index (χ0v) is 21.1. The second kappa shape index (κ2) is 12.2. The Bertz CT molecular complexity index is 835. The molecule has 0 amide bonds. The molecule has 180 valence electrons. The van der Waals surface area contributed by atoms with Crippen molar-refractivity contribution in [2.75, 3.05) is 0 Å². The van der Waals surface area contributed by atoms with E-state index in [0.29, 0.717) is 5.92 Å². The van der Waals surface area contributed by atoms with Crippen molar-refractivity contribution in [2.45, 2.75) is 110 Å². The van der Waals surface area contributed by atoms with E-state index in [-0.39, 0.29) is 5.82 Å². The van der Waals surface area contributed by atoms with Crippen molar-refractivity contribution in [3.63, 3.8) is 0 Å². The Morgan fingerprint density at radius 2 is 1.21 bits per heavy atom. The average molecular weight is 449 g/mol. The van der Waals surface area contributed by atoms with Crippen LogP contribution in [-0.2, 0) is 6.42 Å². The molecule has 0 unspecified atom stereocenters. The standard InChI is InChI=1S/C32H45F/c1-3-5-24-7-9-26(10-8-24)11-12-27-15-19-29(20-16-27)31-22-21-30(23-32(31)33)28-17-13-25(6-4-2)14-18-28/h15-16,19-26,28H,3-14,17-18H2,1-2H3/t24-,25-,26-,28-. The molecule has 4 rings (SSSR count). The molecule has 0 nitrogen and oxygen atoms in total. The second-order valence-corrected chi connectivity index (χ2v) is 11.2. The van der Waals surface area contributed by atoms with Crippen LogP contribution < -0.4 is 0 Å². The van der Waals surface area contributed by atoms with Gasteiger partial charge in [-0.05, 0) is 85.0 Å². The molecular weight excluding hydrogens is 403 g/mol. The predicted octanol–water partition coefficient (Wildman–Crippen LogP) is 10.1. The topological polar surface area (TPSA) is 0 Å². The van der Waals surface area contributed by atoms with Crippen LogP contribution >= 0.6 is 0 Å². The van der Waals surface area contributed by atoms with E-state index in [4.69, 9.17) is 0 Å². The van der Waals surface area contributed by atoms with Crippen LogP contribution in [0.25, 0.3) is 11.1 Å². The van der Waals surface area contributed by atoms with Gasteiger partial charge >= 0.3 is 0 Å². The van der Waals surface area contributed by atoms with Crippen LogP contribution in [-0.4, -0.2) is 0 Å². The fourth-order valence-corrected chi connectivity index (χ4v) is 6.65. The zero-order valence-electron chi connectivity index (χ0n) is 21.1. The monoisotopic (exact) mass is 448 g/mol. The van der Waals surface area contributed by atoms with E-state index in [9.17, 15) is 0 Å². The highest BCUT2D eigenvalue weighted by molar-refractivity contribution is 5.65. The maximum Gasteiger partial charge on any atom is 0.131 e. The number of rotatable bonds is 9. The van der Waals surface area contributed by atoms with Gasteiger partial charge in [0.05, 0.1) is 0 Å². The molecule has 0 aromatic heterocycles. The molecule has 0 aliphatic heterocycles. The van der Waals surface area contributed by atoms with Crippen molar-refractivity contribution in [3.8, 4) is 11.1 Å². The molecule has 2 saturated carbocycles. The molecular formula is C32H45F. The summed E-state index contributed by atoms with van der Waals surface area (Å²) in [7, 11) is 0. The van der Waals surface area contributed by atoms with Crippen LogP contribution in [0.5, 0.6) is 0 Å². The highest BCUT2D eigenvalue weighted by Crippen LogP contribution is 2.39. The summed E-state index contributed by atoms with van der Waals surface area (Å²) in [6.07, 6.45) is 18.6. The molecule has 0 atom stereocenters. The summed E-state index contributed by atoms with van der Waals surface area (Å²) in [5, 5.41) is 0. The van der Waals surface area contributed by atoms with E-state index in [0.717, 1.165) is 35.3 Å². The van der Waals surface area contributed by atoms with Gasteiger partial charge in [-0.3, -0.25) is 0 Å². The van der Waals surface area contributed by atoms with Gasteiger partial charge in [0.25, 0.3) is 0 Å². The number of aryl methyl sites for hydroxylation is 1. The van der Waals surface area contributed by atoms with Gasteiger partial charge < -0.3 is 0 Å². The normalized spacial score (nSPS) is 25.8. The maximum absolute atomic E-state index is 15.1. The van der Waals surface area contributed by atoms with Gasteiger partial charge in [-0.2, -0.15) is 0 Å².